The van der Waals surface area contributed by atoms with E-state index in [1.54, 1.807) is 0 Å². The number of fused-ring (bicyclic) bond motifs is 1. The number of benzene rings is 3. The van der Waals surface area contributed by atoms with Gasteiger partial charge in [-0.3, -0.25) is 9.69 Å². The Morgan fingerprint density at radius 3 is 2.37 bits per heavy atom. The summed E-state index contributed by atoms with van der Waals surface area (Å²) in [5.41, 5.74) is 5.82. The van der Waals surface area contributed by atoms with Crippen molar-refractivity contribution < 1.29 is 4.79 Å². The predicted octanol–water partition coefficient (Wildman–Crippen LogP) is 3.89. The van der Waals surface area contributed by atoms with Crippen LogP contribution in [-0.2, 0) is 4.79 Å². The maximum atomic E-state index is 12.3. The van der Waals surface area contributed by atoms with Crippen LogP contribution in [0.3, 0.4) is 0 Å². The first-order chi connectivity index (χ1) is 14.7. The molecule has 0 spiro atoms. The van der Waals surface area contributed by atoms with E-state index in [2.05, 4.69) is 68.9 Å². The number of amides is 1. The van der Waals surface area contributed by atoms with E-state index in [0.29, 0.717) is 6.42 Å². The van der Waals surface area contributed by atoms with Crippen molar-refractivity contribution in [2.75, 3.05) is 37.6 Å². The summed E-state index contributed by atoms with van der Waals surface area (Å²) in [5, 5.41) is 6.68. The third-order valence-electron chi connectivity index (χ3n) is 5.66. The maximum Gasteiger partial charge on any atom is 0.241 e. The molecule has 0 saturated carbocycles. The molecular weight excluding hydrogens is 372 g/mol. The van der Waals surface area contributed by atoms with Crippen LogP contribution in [0, 0.1) is 0 Å². The summed E-state index contributed by atoms with van der Waals surface area (Å²) in [6.45, 7) is 6.62. The number of carbonyl (C=O) groups excluding carboxylic acids is 1. The van der Waals surface area contributed by atoms with Gasteiger partial charge in [0.05, 0.1) is 5.71 Å². The third-order valence-corrected chi connectivity index (χ3v) is 5.66. The Morgan fingerprint density at radius 2 is 1.60 bits per heavy atom. The van der Waals surface area contributed by atoms with Gasteiger partial charge in [0.1, 0.15) is 0 Å². The molecule has 0 bridgehead atoms. The summed E-state index contributed by atoms with van der Waals surface area (Å²) in [6, 6.07) is 25.0. The van der Waals surface area contributed by atoms with Crippen LogP contribution in [0.15, 0.2) is 77.9 Å². The van der Waals surface area contributed by atoms with Crippen molar-refractivity contribution in [2.24, 2.45) is 5.10 Å². The standard InChI is InChI=1S/C25H28N4O/c1-20(22-12-11-21-7-5-6-8-23(21)19-22)26-27-25(30)13-14-28-15-17-29(18-16-28)24-9-3-2-4-10-24/h2-12,19H,13-18H2,1H3,(H,27,30)/b26-20-. The van der Waals surface area contributed by atoms with E-state index in [9.17, 15) is 4.79 Å². The number of hydrogen-bond donors (Lipinski definition) is 1. The highest BCUT2D eigenvalue weighted by Crippen LogP contribution is 2.17. The van der Waals surface area contributed by atoms with Crippen molar-refractivity contribution in [3.8, 4) is 0 Å². The molecule has 3 aromatic carbocycles. The summed E-state index contributed by atoms with van der Waals surface area (Å²) in [7, 11) is 0. The lowest BCUT2D eigenvalue weighted by atomic mass is 10.0. The Labute approximate surface area is 178 Å². The van der Waals surface area contributed by atoms with E-state index in [1.807, 2.05) is 31.2 Å². The molecule has 3 aromatic rings. The number of piperazine rings is 1. The van der Waals surface area contributed by atoms with Crippen molar-refractivity contribution in [3.05, 3.63) is 78.4 Å². The van der Waals surface area contributed by atoms with Crippen LogP contribution < -0.4 is 10.3 Å². The van der Waals surface area contributed by atoms with Gasteiger partial charge in [-0.15, -0.1) is 0 Å². The summed E-state index contributed by atoms with van der Waals surface area (Å²) in [4.78, 5) is 17.0. The van der Waals surface area contributed by atoms with Gasteiger partial charge in [0.25, 0.3) is 0 Å². The number of hydrogen-bond acceptors (Lipinski definition) is 4. The summed E-state index contributed by atoms with van der Waals surface area (Å²) >= 11 is 0. The average Bonchev–Trinajstić information content (AvgIpc) is 2.81. The average molecular weight is 401 g/mol. The minimum atomic E-state index is -0.0411. The number of anilines is 1. The van der Waals surface area contributed by atoms with Crippen LogP contribution in [0.1, 0.15) is 18.9 Å². The summed E-state index contributed by atoms with van der Waals surface area (Å²) < 4.78 is 0. The Hall–Kier alpha value is -3.18. The SMILES string of the molecule is C/C(=N/NC(=O)CCN1CCN(c2ccccc2)CC1)c1ccc2ccccc2c1. The highest BCUT2D eigenvalue weighted by atomic mass is 16.2. The normalized spacial score (nSPS) is 15.4. The lowest BCUT2D eigenvalue weighted by Crippen LogP contribution is -2.47. The molecule has 154 valence electrons. The maximum absolute atomic E-state index is 12.3. The number of carbonyl (C=O) groups is 1. The molecule has 5 heteroatoms. The largest absolute Gasteiger partial charge is 0.369 e. The Balaban J connectivity index is 1.23. The van der Waals surface area contributed by atoms with Gasteiger partial charge < -0.3 is 4.90 Å². The number of nitrogens with zero attached hydrogens (tertiary/aromatic N) is 3. The lowest BCUT2D eigenvalue weighted by Gasteiger charge is -2.36. The second kappa shape index (κ2) is 9.55. The van der Waals surface area contributed by atoms with E-state index in [1.165, 1.54) is 16.5 Å². The van der Waals surface area contributed by atoms with Crippen molar-refractivity contribution in [1.82, 2.24) is 10.3 Å². The molecule has 1 aliphatic rings. The number of para-hydroxylation sites is 1. The molecule has 1 amide bonds. The summed E-state index contributed by atoms with van der Waals surface area (Å²) in [6.07, 6.45) is 0.458. The fraction of sp³-hybridized carbons (Fsp3) is 0.280. The molecule has 0 atom stereocenters. The molecule has 1 N–H and O–H groups in total. The van der Waals surface area contributed by atoms with Gasteiger partial charge in [0.15, 0.2) is 0 Å². The van der Waals surface area contributed by atoms with Gasteiger partial charge in [0.2, 0.25) is 5.91 Å². The Morgan fingerprint density at radius 1 is 0.900 bits per heavy atom. The zero-order valence-corrected chi connectivity index (χ0v) is 17.4. The molecule has 1 aliphatic heterocycles. The fourth-order valence-electron chi connectivity index (χ4n) is 3.81. The van der Waals surface area contributed by atoms with Crippen LogP contribution in [0.5, 0.6) is 0 Å². The highest BCUT2D eigenvalue weighted by Gasteiger charge is 2.17. The van der Waals surface area contributed by atoms with Gasteiger partial charge >= 0.3 is 0 Å². The minimum absolute atomic E-state index is 0.0411. The van der Waals surface area contributed by atoms with Crippen LogP contribution in [0.4, 0.5) is 5.69 Å². The molecule has 0 radical (unpaired) electrons. The molecule has 30 heavy (non-hydrogen) atoms. The first-order valence-corrected chi connectivity index (χ1v) is 10.5. The molecule has 0 aromatic heterocycles. The monoisotopic (exact) mass is 400 g/mol. The predicted molar refractivity (Wildman–Crippen MR) is 124 cm³/mol. The first kappa shape index (κ1) is 20.1. The molecule has 1 saturated heterocycles. The Bertz CT molecular complexity index is 1020. The molecular formula is C25H28N4O. The van der Waals surface area contributed by atoms with Gasteiger partial charge in [0, 0.05) is 44.8 Å². The molecule has 1 fully saturated rings. The van der Waals surface area contributed by atoms with Crippen LogP contribution in [0.2, 0.25) is 0 Å². The topological polar surface area (TPSA) is 47.9 Å². The number of rotatable bonds is 6. The van der Waals surface area contributed by atoms with Crippen molar-refractivity contribution >= 4 is 28.1 Å². The highest BCUT2D eigenvalue weighted by molar-refractivity contribution is 6.02. The molecule has 1 heterocycles. The van der Waals surface area contributed by atoms with Gasteiger partial charge in [-0.1, -0.05) is 54.6 Å². The minimum Gasteiger partial charge on any atom is -0.369 e. The van der Waals surface area contributed by atoms with Crippen molar-refractivity contribution in [1.29, 1.82) is 0 Å². The van der Waals surface area contributed by atoms with Crippen LogP contribution >= 0.6 is 0 Å². The van der Waals surface area contributed by atoms with E-state index in [4.69, 9.17) is 0 Å². The second-order valence-electron chi connectivity index (χ2n) is 7.71. The van der Waals surface area contributed by atoms with Gasteiger partial charge in [-0.05, 0) is 41.5 Å². The molecule has 0 unspecified atom stereocenters. The summed E-state index contributed by atoms with van der Waals surface area (Å²) in [5.74, 6) is -0.0411. The van der Waals surface area contributed by atoms with E-state index in [-0.39, 0.29) is 5.91 Å². The van der Waals surface area contributed by atoms with Crippen LogP contribution in [0.25, 0.3) is 10.8 Å². The zero-order chi connectivity index (χ0) is 20.8. The van der Waals surface area contributed by atoms with Crippen LogP contribution in [-0.4, -0.2) is 49.2 Å². The molecule has 0 aliphatic carbocycles. The van der Waals surface area contributed by atoms with Gasteiger partial charge in [-0.2, -0.15) is 5.10 Å². The number of nitrogens with one attached hydrogen (secondary N) is 1. The first-order valence-electron chi connectivity index (χ1n) is 10.5. The third kappa shape index (κ3) is 5.05. The van der Waals surface area contributed by atoms with E-state index in [0.717, 1.165) is 44.0 Å². The lowest BCUT2D eigenvalue weighted by molar-refractivity contribution is -0.121. The van der Waals surface area contributed by atoms with E-state index >= 15 is 0 Å². The quantitative estimate of drug-likeness (QED) is 0.504. The number of hydrazone groups is 1. The van der Waals surface area contributed by atoms with Crippen molar-refractivity contribution in [3.63, 3.8) is 0 Å². The van der Waals surface area contributed by atoms with Gasteiger partial charge in [-0.25, -0.2) is 5.43 Å². The fourth-order valence-corrected chi connectivity index (χ4v) is 3.81. The second-order valence-corrected chi connectivity index (χ2v) is 7.71. The Kier molecular flexibility index (Phi) is 6.40. The molecule has 5 nitrogen and oxygen atoms in total. The molecule has 4 rings (SSSR count). The zero-order valence-electron chi connectivity index (χ0n) is 17.4. The smallest absolute Gasteiger partial charge is 0.241 e. The van der Waals surface area contributed by atoms with E-state index < -0.39 is 0 Å². The van der Waals surface area contributed by atoms with Crippen molar-refractivity contribution in [2.45, 2.75) is 13.3 Å².